The van der Waals surface area contributed by atoms with E-state index in [0.29, 0.717) is 12.8 Å². The van der Waals surface area contributed by atoms with Gasteiger partial charge in [0.05, 0.1) is 40.3 Å². The molecule has 65 heavy (non-hydrogen) atoms. The molecule has 384 valence electrons. The quantitative estimate of drug-likeness (QED) is 0.0259. The lowest BCUT2D eigenvalue weighted by atomic mass is 10.0. The number of hydrogen-bond donors (Lipinski definition) is 0. The zero-order valence-corrected chi connectivity index (χ0v) is 43.9. The van der Waals surface area contributed by atoms with Gasteiger partial charge in [0.25, 0.3) is 0 Å². The number of quaternary nitrogens is 1. The van der Waals surface area contributed by atoms with E-state index >= 15 is 0 Å². The van der Waals surface area contributed by atoms with Crippen LogP contribution in [0.15, 0.2) is 12.2 Å². The van der Waals surface area contributed by atoms with Gasteiger partial charge in [-0.15, -0.1) is 0 Å². The summed E-state index contributed by atoms with van der Waals surface area (Å²) in [4.78, 5) is 37.1. The third-order valence-corrected chi connectivity index (χ3v) is 13.2. The lowest BCUT2D eigenvalue weighted by molar-refractivity contribution is -0.889. The summed E-state index contributed by atoms with van der Waals surface area (Å²) in [7, 11) is 5.43. The maximum atomic E-state index is 12.8. The van der Waals surface area contributed by atoms with Gasteiger partial charge in [-0.25, -0.2) is 0 Å². The highest BCUT2D eigenvalue weighted by atomic mass is 16.6. The Bertz CT molecular complexity index is 1070. The van der Waals surface area contributed by atoms with Gasteiger partial charge >= 0.3 is 11.9 Å². The van der Waals surface area contributed by atoms with Gasteiger partial charge in [0, 0.05) is 19.3 Å². The molecule has 0 aliphatic rings. The molecule has 0 heterocycles. The van der Waals surface area contributed by atoms with Crippen LogP contribution in [-0.4, -0.2) is 75.5 Å². The standard InChI is InChI=1S/C57H109NO7/c1-6-8-10-12-14-16-18-20-22-24-26-27-28-30-32-34-36-38-40-42-44-46-48-56(60)65-53(51-63-50-49-54(57(61)62)58(3,4)5)52-64-55(59)47-45-43-41-39-37-35-33-31-29-25-23-21-19-17-15-13-11-9-7-2/h28,30,53-54H,6-27,29,31-52H2,1-5H3/b30-28+. The molecule has 0 spiro atoms. The Hall–Kier alpha value is -1.93. The summed E-state index contributed by atoms with van der Waals surface area (Å²) in [6, 6.07) is -0.723. The second-order valence-electron chi connectivity index (χ2n) is 20.5. The largest absolute Gasteiger partial charge is 0.544 e. The fraction of sp³-hybridized carbons (Fsp3) is 0.912. The third kappa shape index (κ3) is 46.9. The van der Waals surface area contributed by atoms with E-state index in [2.05, 4.69) is 26.0 Å². The number of ether oxygens (including phenoxy) is 3. The summed E-state index contributed by atoms with van der Waals surface area (Å²) >= 11 is 0. The van der Waals surface area contributed by atoms with Gasteiger partial charge < -0.3 is 28.6 Å². The average Bonchev–Trinajstić information content (AvgIpc) is 3.27. The molecule has 0 aromatic rings. The molecule has 2 unspecified atom stereocenters. The Kier molecular flexibility index (Phi) is 47.1. The number of carbonyl (C=O) groups excluding carboxylic acids is 3. The Morgan fingerprint density at radius 2 is 0.769 bits per heavy atom. The normalized spacial score (nSPS) is 12.8. The van der Waals surface area contributed by atoms with Crippen LogP contribution in [0.3, 0.4) is 0 Å². The van der Waals surface area contributed by atoms with Crippen LogP contribution < -0.4 is 5.11 Å². The van der Waals surface area contributed by atoms with Crippen molar-refractivity contribution < 1.29 is 38.2 Å². The SMILES string of the molecule is CCCCCCCCCCCCC/C=C/CCCCCCCCCC(=O)OC(COCCC(C(=O)[O-])[N+](C)(C)C)COC(=O)CCCCCCCCCCCCCCCCCCCCC. The molecular weight excluding hydrogens is 811 g/mol. The molecule has 8 heteroatoms. The van der Waals surface area contributed by atoms with E-state index in [1.165, 1.54) is 212 Å². The molecule has 0 N–H and O–H groups in total. The fourth-order valence-corrected chi connectivity index (χ4v) is 8.78. The van der Waals surface area contributed by atoms with Crippen molar-refractivity contribution in [3.63, 3.8) is 0 Å². The molecule has 0 aliphatic heterocycles. The number of hydrogen-bond acceptors (Lipinski definition) is 7. The van der Waals surface area contributed by atoms with Crippen LogP contribution in [0.1, 0.15) is 284 Å². The number of allylic oxidation sites excluding steroid dienone is 2. The lowest BCUT2D eigenvalue weighted by Gasteiger charge is -2.34. The maximum absolute atomic E-state index is 12.8. The van der Waals surface area contributed by atoms with Crippen molar-refractivity contribution in [1.82, 2.24) is 0 Å². The van der Waals surface area contributed by atoms with Gasteiger partial charge in [0.15, 0.2) is 6.10 Å². The minimum Gasteiger partial charge on any atom is -0.544 e. The van der Waals surface area contributed by atoms with E-state index in [1.54, 1.807) is 0 Å². The second-order valence-corrected chi connectivity index (χ2v) is 20.5. The summed E-state index contributed by atoms with van der Waals surface area (Å²) in [5.74, 6) is -1.71. The molecule has 0 radical (unpaired) electrons. The maximum Gasteiger partial charge on any atom is 0.306 e. The van der Waals surface area contributed by atoms with Crippen molar-refractivity contribution >= 4 is 17.9 Å². The van der Waals surface area contributed by atoms with Crippen LogP contribution in [0, 0.1) is 0 Å². The number of esters is 2. The highest BCUT2D eigenvalue weighted by Crippen LogP contribution is 2.17. The average molecular weight is 920 g/mol. The molecule has 0 aliphatic carbocycles. The summed E-state index contributed by atoms with van der Waals surface area (Å²) in [5, 5.41) is 11.7. The molecule has 0 rings (SSSR count). The molecule has 0 amide bonds. The Morgan fingerprint density at radius 3 is 1.11 bits per heavy atom. The van der Waals surface area contributed by atoms with Gasteiger partial charge in [-0.3, -0.25) is 9.59 Å². The minimum atomic E-state index is -1.12. The van der Waals surface area contributed by atoms with Crippen LogP contribution in [0.4, 0.5) is 0 Å². The zero-order chi connectivity index (χ0) is 47.7. The number of rotatable bonds is 52. The summed E-state index contributed by atoms with van der Waals surface area (Å²) in [6.07, 6.45) is 55.4. The van der Waals surface area contributed by atoms with Gasteiger partial charge in [-0.2, -0.15) is 0 Å². The molecule has 0 aromatic heterocycles. The number of nitrogens with zero attached hydrogens (tertiary/aromatic N) is 1. The van der Waals surface area contributed by atoms with E-state index in [0.717, 1.165) is 38.5 Å². The van der Waals surface area contributed by atoms with E-state index < -0.39 is 18.1 Å². The number of carboxylic acids is 1. The van der Waals surface area contributed by atoms with Gasteiger partial charge in [-0.05, 0) is 38.5 Å². The summed E-state index contributed by atoms with van der Waals surface area (Å²) < 4.78 is 17.3. The first kappa shape index (κ1) is 63.1. The number of unbranched alkanes of at least 4 members (excludes halogenated alkanes) is 36. The third-order valence-electron chi connectivity index (χ3n) is 13.2. The van der Waals surface area contributed by atoms with E-state index in [9.17, 15) is 19.5 Å². The van der Waals surface area contributed by atoms with Gasteiger partial charge in [0.2, 0.25) is 0 Å². The molecule has 0 aromatic carbocycles. The Morgan fingerprint density at radius 1 is 0.446 bits per heavy atom. The predicted octanol–water partition coefficient (Wildman–Crippen LogP) is 15.3. The van der Waals surface area contributed by atoms with Crippen LogP contribution >= 0.6 is 0 Å². The number of carboxylic acid groups (broad SMARTS) is 1. The van der Waals surface area contributed by atoms with Crippen molar-refractivity contribution in [3.05, 3.63) is 12.2 Å². The first-order valence-electron chi connectivity index (χ1n) is 28.2. The number of carbonyl (C=O) groups is 3. The Labute approximate surface area is 403 Å². The van der Waals surface area contributed by atoms with E-state index in [1.807, 2.05) is 21.1 Å². The van der Waals surface area contributed by atoms with Crippen molar-refractivity contribution in [2.75, 3.05) is 41.0 Å². The monoisotopic (exact) mass is 920 g/mol. The first-order chi connectivity index (χ1) is 31.6. The highest BCUT2D eigenvalue weighted by Gasteiger charge is 2.25. The van der Waals surface area contributed by atoms with Gasteiger partial charge in [-0.1, -0.05) is 238 Å². The van der Waals surface area contributed by atoms with Gasteiger partial charge in [0.1, 0.15) is 12.6 Å². The predicted molar refractivity (Wildman–Crippen MR) is 273 cm³/mol. The van der Waals surface area contributed by atoms with Crippen LogP contribution in [0.5, 0.6) is 0 Å². The molecule has 8 nitrogen and oxygen atoms in total. The van der Waals surface area contributed by atoms with E-state index in [-0.39, 0.29) is 42.7 Å². The minimum absolute atomic E-state index is 0.0454. The molecule has 0 bridgehead atoms. The molecule has 2 atom stereocenters. The number of likely N-dealkylation sites (N-methyl/N-ethyl adjacent to an activating group) is 1. The number of aliphatic carboxylic acids is 1. The fourth-order valence-electron chi connectivity index (χ4n) is 8.78. The van der Waals surface area contributed by atoms with Crippen molar-refractivity contribution in [3.8, 4) is 0 Å². The topological polar surface area (TPSA) is 102 Å². The zero-order valence-electron chi connectivity index (χ0n) is 43.9. The second kappa shape index (κ2) is 48.5. The van der Waals surface area contributed by atoms with Crippen molar-refractivity contribution in [2.45, 2.75) is 296 Å². The Balaban J connectivity index is 4.15. The molecular formula is C57H109NO7. The van der Waals surface area contributed by atoms with E-state index in [4.69, 9.17) is 14.2 Å². The van der Waals surface area contributed by atoms with Crippen LogP contribution in [-0.2, 0) is 28.6 Å². The summed E-state index contributed by atoms with van der Waals surface area (Å²) in [5.41, 5.74) is 0. The van der Waals surface area contributed by atoms with Crippen molar-refractivity contribution in [1.29, 1.82) is 0 Å². The lowest BCUT2D eigenvalue weighted by Crippen LogP contribution is -2.55. The van der Waals surface area contributed by atoms with Crippen LogP contribution in [0.25, 0.3) is 0 Å². The smallest absolute Gasteiger partial charge is 0.306 e. The molecule has 0 fully saturated rings. The molecule has 0 saturated carbocycles. The summed E-state index contributed by atoms with van der Waals surface area (Å²) in [6.45, 7) is 4.72. The highest BCUT2D eigenvalue weighted by molar-refractivity contribution is 5.70. The first-order valence-corrected chi connectivity index (χ1v) is 28.2. The van der Waals surface area contributed by atoms with Crippen molar-refractivity contribution in [2.24, 2.45) is 0 Å². The molecule has 0 saturated heterocycles. The van der Waals surface area contributed by atoms with Crippen LogP contribution in [0.2, 0.25) is 0 Å².